The lowest BCUT2D eigenvalue weighted by molar-refractivity contribution is 0.0126. The van der Waals surface area contributed by atoms with Crippen LogP contribution in [0.3, 0.4) is 0 Å². The number of amides is 1. The normalized spacial score (nSPS) is 23.0. The molecule has 1 saturated carbocycles. The largest absolute Gasteiger partial charge is 0.444 e. The van der Waals surface area contributed by atoms with Crippen LogP contribution in [0, 0.1) is 5.92 Å². The molecule has 176 valence electrons. The summed E-state index contributed by atoms with van der Waals surface area (Å²) in [5.74, 6) is 0.744. The standard InChI is InChI=1S/C25H37BrN4O2/c1-5-19-17-30(23-22(19)14-20(26)15-27-23)21-8-6-18(7-9-21)16-28-10-12-29(13-11-28)24(31)32-25(2,3)4/h14-15,17-18,21H,5-13,16H2,1-4H3. The summed E-state index contributed by atoms with van der Waals surface area (Å²) in [6, 6.07) is 2.76. The number of halogens is 1. The minimum absolute atomic E-state index is 0.177. The van der Waals surface area contributed by atoms with Crippen LogP contribution >= 0.6 is 15.9 Å². The van der Waals surface area contributed by atoms with E-state index in [0.717, 1.165) is 55.2 Å². The van der Waals surface area contributed by atoms with Crippen molar-refractivity contribution in [2.75, 3.05) is 32.7 Å². The molecule has 0 spiro atoms. The number of ether oxygens (including phenoxy) is 1. The predicted octanol–water partition coefficient (Wildman–Crippen LogP) is 5.65. The number of pyridine rings is 1. The molecule has 4 rings (SSSR count). The lowest BCUT2D eigenvalue weighted by Crippen LogP contribution is -2.51. The third kappa shape index (κ3) is 5.48. The Hall–Kier alpha value is -1.60. The maximum absolute atomic E-state index is 12.3. The SMILES string of the molecule is CCc1cn(C2CCC(CN3CCN(C(=O)OC(C)(C)C)CC3)CC2)c2ncc(Br)cc12. The number of rotatable bonds is 4. The van der Waals surface area contributed by atoms with E-state index in [1.807, 2.05) is 31.9 Å². The van der Waals surface area contributed by atoms with E-state index in [2.05, 4.69) is 44.6 Å². The van der Waals surface area contributed by atoms with Gasteiger partial charge in [-0.3, -0.25) is 4.90 Å². The number of piperazine rings is 1. The van der Waals surface area contributed by atoms with Crippen molar-refractivity contribution in [3.05, 3.63) is 28.5 Å². The van der Waals surface area contributed by atoms with Crippen LogP contribution in [0.1, 0.15) is 65.0 Å². The van der Waals surface area contributed by atoms with E-state index in [0.29, 0.717) is 6.04 Å². The van der Waals surface area contributed by atoms with Crippen molar-refractivity contribution < 1.29 is 9.53 Å². The Labute approximate surface area is 200 Å². The van der Waals surface area contributed by atoms with Crippen LogP contribution in [0.4, 0.5) is 4.79 Å². The van der Waals surface area contributed by atoms with Gasteiger partial charge in [-0.15, -0.1) is 0 Å². The molecule has 0 aromatic carbocycles. The summed E-state index contributed by atoms with van der Waals surface area (Å²) in [6.07, 6.45) is 10.1. The lowest BCUT2D eigenvalue weighted by atomic mass is 9.85. The van der Waals surface area contributed by atoms with E-state index in [9.17, 15) is 4.79 Å². The molecule has 2 aliphatic rings. The molecule has 0 radical (unpaired) electrons. The molecule has 2 fully saturated rings. The number of carbonyl (C=O) groups is 1. The van der Waals surface area contributed by atoms with Gasteiger partial charge in [0.15, 0.2) is 0 Å². The summed E-state index contributed by atoms with van der Waals surface area (Å²) in [4.78, 5) is 21.4. The maximum Gasteiger partial charge on any atom is 0.410 e. The summed E-state index contributed by atoms with van der Waals surface area (Å²) in [5, 5.41) is 1.28. The average Bonchev–Trinajstić information content (AvgIpc) is 3.11. The number of aryl methyl sites for hydroxylation is 1. The van der Waals surface area contributed by atoms with Gasteiger partial charge in [-0.05, 0) is 86.4 Å². The molecular formula is C25H37BrN4O2. The second-order valence-electron chi connectivity index (χ2n) is 10.4. The zero-order valence-electron chi connectivity index (χ0n) is 19.9. The van der Waals surface area contributed by atoms with Gasteiger partial charge in [-0.1, -0.05) is 6.92 Å². The second kappa shape index (κ2) is 9.72. The van der Waals surface area contributed by atoms with Gasteiger partial charge >= 0.3 is 6.09 Å². The average molecular weight is 506 g/mol. The Bertz CT molecular complexity index is 935. The van der Waals surface area contributed by atoms with Gasteiger partial charge in [-0.2, -0.15) is 0 Å². The summed E-state index contributed by atoms with van der Waals surface area (Å²) in [6.45, 7) is 12.6. The lowest BCUT2D eigenvalue weighted by Gasteiger charge is -2.38. The molecule has 2 aromatic rings. The first-order valence-corrected chi connectivity index (χ1v) is 12.9. The minimum atomic E-state index is -0.429. The summed E-state index contributed by atoms with van der Waals surface area (Å²) >= 11 is 3.58. The number of carbonyl (C=O) groups excluding carboxylic acids is 1. The van der Waals surface area contributed by atoms with E-state index in [1.54, 1.807) is 0 Å². The Morgan fingerprint density at radius 2 is 1.84 bits per heavy atom. The fourth-order valence-corrected chi connectivity index (χ4v) is 5.47. The van der Waals surface area contributed by atoms with Crippen molar-refractivity contribution in [1.82, 2.24) is 19.4 Å². The van der Waals surface area contributed by atoms with Crippen LogP contribution in [-0.4, -0.2) is 63.8 Å². The summed E-state index contributed by atoms with van der Waals surface area (Å²) in [5.41, 5.74) is 2.09. The van der Waals surface area contributed by atoms with Crippen LogP contribution in [-0.2, 0) is 11.2 Å². The first kappa shape index (κ1) is 23.6. The molecule has 1 aliphatic carbocycles. The molecule has 0 atom stereocenters. The Morgan fingerprint density at radius 3 is 2.47 bits per heavy atom. The monoisotopic (exact) mass is 504 g/mol. The van der Waals surface area contributed by atoms with E-state index in [1.165, 1.54) is 36.6 Å². The number of fused-ring (bicyclic) bond motifs is 1. The first-order chi connectivity index (χ1) is 15.2. The van der Waals surface area contributed by atoms with Gasteiger partial charge in [0, 0.05) is 61.0 Å². The van der Waals surface area contributed by atoms with Crippen molar-refractivity contribution in [2.24, 2.45) is 5.92 Å². The molecule has 0 N–H and O–H groups in total. The minimum Gasteiger partial charge on any atom is -0.444 e. The quantitative estimate of drug-likeness (QED) is 0.539. The van der Waals surface area contributed by atoms with Crippen molar-refractivity contribution in [2.45, 2.75) is 71.4 Å². The maximum atomic E-state index is 12.3. The Balaban J connectivity index is 1.28. The highest BCUT2D eigenvalue weighted by atomic mass is 79.9. The fraction of sp³-hybridized carbons (Fsp3) is 0.680. The Kier molecular flexibility index (Phi) is 7.15. The molecule has 1 saturated heterocycles. The smallest absolute Gasteiger partial charge is 0.410 e. The van der Waals surface area contributed by atoms with Crippen LogP contribution in [0.15, 0.2) is 22.9 Å². The van der Waals surface area contributed by atoms with Gasteiger partial charge < -0.3 is 14.2 Å². The molecule has 7 heteroatoms. The van der Waals surface area contributed by atoms with Crippen LogP contribution in [0.5, 0.6) is 0 Å². The first-order valence-electron chi connectivity index (χ1n) is 12.1. The highest BCUT2D eigenvalue weighted by Gasteiger charge is 2.29. The number of nitrogens with zero attached hydrogens (tertiary/aromatic N) is 4. The van der Waals surface area contributed by atoms with Crippen LogP contribution in [0.2, 0.25) is 0 Å². The number of hydrogen-bond acceptors (Lipinski definition) is 4. The Morgan fingerprint density at radius 1 is 1.16 bits per heavy atom. The van der Waals surface area contributed by atoms with E-state index < -0.39 is 5.60 Å². The predicted molar refractivity (Wildman–Crippen MR) is 132 cm³/mol. The van der Waals surface area contributed by atoms with E-state index in [-0.39, 0.29) is 6.09 Å². The van der Waals surface area contributed by atoms with Crippen molar-refractivity contribution in [3.63, 3.8) is 0 Å². The second-order valence-corrected chi connectivity index (χ2v) is 11.3. The molecule has 3 heterocycles. The summed E-state index contributed by atoms with van der Waals surface area (Å²) < 4.78 is 9.01. The van der Waals surface area contributed by atoms with Crippen molar-refractivity contribution >= 4 is 33.1 Å². The highest BCUT2D eigenvalue weighted by molar-refractivity contribution is 9.10. The van der Waals surface area contributed by atoms with Crippen molar-refractivity contribution in [3.8, 4) is 0 Å². The fourth-order valence-electron chi connectivity index (χ4n) is 5.14. The zero-order valence-corrected chi connectivity index (χ0v) is 21.5. The molecule has 2 aromatic heterocycles. The van der Waals surface area contributed by atoms with E-state index in [4.69, 9.17) is 9.72 Å². The molecule has 0 unspecified atom stereocenters. The molecule has 1 amide bonds. The van der Waals surface area contributed by atoms with Gasteiger partial charge in [0.05, 0.1) is 0 Å². The van der Waals surface area contributed by atoms with Crippen LogP contribution in [0.25, 0.3) is 11.0 Å². The summed E-state index contributed by atoms with van der Waals surface area (Å²) in [7, 11) is 0. The third-order valence-corrected chi connectivity index (χ3v) is 7.28. The molecule has 0 bridgehead atoms. The van der Waals surface area contributed by atoms with E-state index >= 15 is 0 Å². The highest BCUT2D eigenvalue weighted by Crippen LogP contribution is 2.36. The number of aromatic nitrogens is 2. The van der Waals surface area contributed by atoms with Gasteiger partial charge in [-0.25, -0.2) is 9.78 Å². The van der Waals surface area contributed by atoms with Crippen LogP contribution < -0.4 is 0 Å². The number of hydrogen-bond donors (Lipinski definition) is 0. The molecule has 1 aliphatic heterocycles. The zero-order chi connectivity index (χ0) is 22.9. The molecule has 6 nitrogen and oxygen atoms in total. The van der Waals surface area contributed by atoms with Gasteiger partial charge in [0.2, 0.25) is 0 Å². The molecular weight excluding hydrogens is 468 g/mol. The third-order valence-electron chi connectivity index (χ3n) is 6.85. The van der Waals surface area contributed by atoms with Gasteiger partial charge in [0.25, 0.3) is 0 Å². The topological polar surface area (TPSA) is 50.6 Å². The van der Waals surface area contributed by atoms with Gasteiger partial charge in [0.1, 0.15) is 11.2 Å². The van der Waals surface area contributed by atoms with Crippen molar-refractivity contribution in [1.29, 1.82) is 0 Å². The molecule has 32 heavy (non-hydrogen) atoms.